The maximum atomic E-state index is 5.21. The summed E-state index contributed by atoms with van der Waals surface area (Å²) in [4.78, 5) is 3.46. The quantitative estimate of drug-likeness (QED) is 0.509. The molecule has 1 radical (unpaired) electrons. The molecule has 31 valence electrons. The number of halogens is 1. The number of nitrogens with zero attached hydrogens (tertiary/aromatic N) is 2. The summed E-state index contributed by atoms with van der Waals surface area (Å²) in [5.74, 6) is 0. The van der Waals surface area contributed by atoms with Crippen molar-refractivity contribution in [2.24, 2.45) is 0 Å². The number of hydrogen-bond donors (Lipinski definition) is 0. The van der Waals surface area contributed by atoms with E-state index in [4.69, 9.17) is 11.6 Å². The van der Waals surface area contributed by atoms with Crippen molar-refractivity contribution in [2.75, 3.05) is 0 Å². The van der Waals surface area contributed by atoms with E-state index in [0.717, 1.165) is 11.5 Å². The van der Waals surface area contributed by atoms with Crippen LogP contribution >= 0.6 is 23.1 Å². The van der Waals surface area contributed by atoms with Crippen molar-refractivity contribution in [2.45, 2.75) is 0 Å². The highest BCUT2D eigenvalue weighted by atomic mass is 35.5. The Morgan fingerprint density at radius 2 is 2.67 bits per heavy atom. The van der Waals surface area contributed by atoms with E-state index in [1.54, 1.807) is 0 Å². The van der Waals surface area contributed by atoms with Crippen LogP contribution in [0, 0.1) is 5.51 Å². The fourth-order valence-electron chi connectivity index (χ4n) is 0.137. The molecule has 1 aromatic heterocycles. The molecule has 0 bridgehead atoms. The van der Waals surface area contributed by atoms with Gasteiger partial charge >= 0.3 is 0 Å². The zero-order chi connectivity index (χ0) is 4.41. The predicted molar refractivity (Wildman–Crippen MR) is 23.8 cm³/mol. The molecular formula is C2ClN2S. The first-order chi connectivity index (χ1) is 2.89. The summed E-state index contributed by atoms with van der Waals surface area (Å²) in [7, 11) is 0. The zero-order valence-electron chi connectivity index (χ0n) is 2.68. The fraction of sp³-hybridized carbons (Fsp3) is 0. The highest BCUT2D eigenvalue weighted by Crippen LogP contribution is 1.97. The van der Waals surface area contributed by atoms with Crippen LogP contribution in [0.25, 0.3) is 0 Å². The van der Waals surface area contributed by atoms with Crippen molar-refractivity contribution in [3.8, 4) is 0 Å². The average molecular weight is 120 g/mol. The molecule has 0 atom stereocenters. The first-order valence-corrected chi connectivity index (χ1v) is 2.40. The van der Waals surface area contributed by atoms with Crippen molar-refractivity contribution in [3.63, 3.8) is 0 Å². The van der Waals surface area contributed by atoms with Gasteiger partial charge in [0.2, 0.25) is 5.28 Å². The Hall–Kier alpha value is -0.150. The number of aromatic nitrogens is 2. The van der Waals surface area contributed by atoms with E-state index in [1.807, 2.05) is 0 Å². The molecule has 6 heavy (non-hydrogen) atoms. The Morgan fingerprint density at radius 1 is 1.83 bits per heavy atom. The maximum Gasteiger partial charge on any atom is 0.234 e. The molecule has 0 aliphatic heterocycles. The largest absolute Gasteiger partial charge is 0.234 e. The van der Waals surface area contributed by atoms with E-state index < -0.39 is 0 Å². The van der Waals surface area contributed by atoms with Crippen molar-refractivity contribution < 1.29 is 0 Å². The fourth-order valence-corrected chi connectivity index (χ4v) is 0.617. The van der Waals surface area contributed by atoms with Crippen LogP contribution in [0.3, 0.4) is 0 Å². The van der Waals surface area contributed by atoms with Crippen LogP contribution in [0.1, 0.15) is 0 Å². The van der Waals surface area contributed by atoms with Crippen molar-refractivity contribution in [3.05, 3.63) is 10.8 Å². The Bertz CT molecular complexity index is 115. The molecule has 0 aliphatic rings. The molecule has 0 spiro atoms. The Balaban J connectivity index is 3.05. The van der Waals surface area contributed by atoms with Gasteiger partial charge in [0.05, 0.1) is 0 Å². The molecule has 0 aromatic carbocycles. The van der Waals surface area contributed by atoms with E-state index in [2.05, 4.69) is 14.9 Å². The number of rotatable bonds is 0. The molecule has 1 aromatic rings. The van der Waals surface area contributed by atoms with Gasteiger partial charge in [0, 0.05) is 0 Å². The van der Waals surface area contributed by atoms with Gasteiger partial charge in [-0.05, 0) is 23.1 Å². The highest BCUT2D eigenvalue weighted by Gasteiger charge is 1.82. The van der Waals surface area contributed by atoms with E-state index in [0.29, 0.717) is 0 Å². The van der Waals surface area contributed by atoms with Gasteiger partial charge in [0.25, 0.3) is 0 Å². The third kappa shape index (κ3) is 0.666. The van der Waals surface area contributed by atoms with Gasteiger partial charge < -0.3 is 0 Å². The molecule has 0 saturated carbocycles. The van der Waals surface area contributed by atoms with E-state index >= 15 is 0 Å². The summed E-state index contributed by atoms with van der Waals surface area (Å²) >= 11 is 6.33. The summed E-state index contributed by atoms with van der Waals surface area (Å²) in [5, 5.41) is 0.278. The first kappa shape index (κ1) is 4.02. The minimum Gasteiger partial charge on any atom is -0.202 e. The second kappa shape index (κ2) is 1.53. The highest BCUT2D eigenvalue weighted by molar-refractivity contribution is 7.03. The van der Waals surface area contributed by atoms with Crippen LogP contribution in [-0.2, 0) is 0 Å². The summed E-state index contributed by atoms with van der Waals surface area (Å²) < 4.78 is 3.56. The zero-order valence-corrected chi connectivity index (χ0v) is 4.25. The van der Waals surface area contributed by atoms with Gasteiger partial charge in [0.15, 0.2) is 5.51 Å². The van der Waals surface area contributed by atoms with Gasteiger partial charge in [-0.15, -0.1) is 0 Å². The summed E-state index contributed by atoms with van der Waals surface area (Å²) in [6.45, 7) is 0. The van der Waals surface area contributed by atoms with Crippen LogP contribution in [0.2, 0.25) is 5.28 Å². The smallest absolute Gasteiger partial charge is 0.202 e. The van der Waals surface area contributed by atoms with Gasteiger partial charge in [-0.25, -0.2) is 4.98 Å². The second-order valence-electron chi connectivity index (χ2n) is 0.655. The molecule has 0 saturated heterocycles. The normalized spacial score (nSPS) is 8.83. The SMILES string of the molecule is Clc1n[c]sn1. The van der Waals surface area contributed by atoms with Crippen LogP contribution in [-0.4, -0.2) is 9.36 Å². The number of hydrogen-bond acceptors (Lipinski definition) is 3. The summed E-state index contributed by atoms with van der Waals surface area (Å²) in [6.07, 6.45) is 0. The average Bonchev–Trinajstić information content (AvgIpc) is 1.86. The minimum atomic E-state index is 0.278. The molecule has 0 unspecified atom stereocenters. The first-order valence-electron chi connectivity index (χ1n) is 1.25. The van der Waals surface area contributed by atoms with Crippen molar-refractivity contribution >= 4 is 23.1 Å². The lowest BCUT2D eigenvalue weighted by atomic mass is 11.3. The van der Waals surface area contributed by atoms with Crippen molar-refractivity contribution in [1.29, 1.82) is 0 Å². The lowest BCUT2D eigenvalue weighted by Gasteiger charge is -1.58. The molecule has 0 N–H and O–H groups in total. The molecular weight excluding hydrogens is 120 g/mol. The molecule has 0 amide bonds. The topological polar surface area (TPSA) is 25.8 Å². The molecule has 0 fully saturated rings. The Labute approximate surface area is 44.0 Å². The van der Waals surface area contributed by atoms with Gasteiger partial charge in [-0.3, -0.25) is 0 Å². The second-order valence-corrected chi connectivity index (χ2v) is 1.54. The third-order valence-corrected chi connectivity index (χ3v) is 1.01. The molecule has 1 heterocycles. The van der Waals surface area contributed by atoms with E-state index in [9.17, 15) is 0 Å². The minimum absolute atomic E-state index is 0.278. The standard InChI is InChI=1S/C2ClN2S/c3-2-4-1-6-5-2. The van der Waals surface area contributed by atoms with Crippen LogP contribution in [0.4, 0.5) is 0 Å². The summed E-state index contributed by atoms with van der Waals surface area (Å²) in [6, 6.07) is 0. The molecule has 4 heteroatoms. The third-order valence-electron chi connectivity index (χ3n) is 0.300. The lowest BCUT2D eigenvalue weighted by molar-refractivity contribution is 1.32. The van der Waals surface area contributed by atoms with Crippen LogP contribution < -0.4 is 0 Å². The maximum absolute atomic E-state index is 5.21. The van der Waals surface area contributed by atoms with Gasteiger partial charge in [-0.1, -0.05) is 0 Å². The van der Waals surface area contributed by atoms with Gasteiger partial charge in [-0.2, -0.15) is 4.37 Å². The van der Waals surface area contributed by atoms with Gasteiger partial charge in [0.1, 0.15) is 0 Å². The van der Waals surface area contributed by atoms with Crippen molar-refractivity contribution in [1.82, 2.24) is 9.36 Å². The Morgan fingerprint density at radius 3 is 2.83 bits per heavy atom. The van der Waals surface area contributed by atoms with Crippen LogP contribution in [0.15, 0.2) is 0 Å². The summed E-state index contributed by atoms with van der Waals surface area (Å²) in [5.41, 5.74) is 2.48. The lowest BCUT2D eigenvalue weighted by Crippen LogP contribution is -1.56. The van der Waals surface area contributed by atoms with E-state index in [1.165, 1.54) is 0 Å². The molecule has 1 rings (SSSR count). The molecule has 2 nitrogen and oxygen atoms in total. The predicted octanol–water partition coefficient (Wildman–Crippen LogP) is 0.992. The molecule has 0 aliphatic carbocycles. The Kier molecular flexibility index (Phi) is 1.03. The monoisotopic (exact) mass is 119 g/mol. The van der Waals surface area contributed by atoms with E-state index in [-0.39, 0.29) is 5.28 Å². The van der Waals surface area contributed by atoms with Crippen LogP contribution in [0.5, 0.6) is 0 Å².